The lowest BCUT2D eigenvalue weighted by Crippen LogP contribution is -1.86. The van der Waals surface area contributed by atoms with Gasteiger partial charge >= 0.3 is 0 Å². The minimum absolute atomic E-state index is 0.198. The van der Waals surface area contributed by atoms with Gasteiger partial charge in [-0.05, 0) is 24.4 Å². The third-order valence-electron chi connectivity index (χ3n) is 2.51. The highest BCUT2D eigenvalue weighted by Crippen LogP contribution is 2.11. The summed E-state index contributed by atoms with van der Waals surface area (Å²) in [5.74, 6) is 0.798. The van der Waals surface area contributed by atoms with Crippen LogP contribution in [-0.4, -0.2) is 11.1 Å². The summed E-state index contributed by atoms with van der Waals surface area (Å²) in [5, 5.41) is -0.198. The van der Waals surface area contributed by atoms with Crippen molar-refractivity contribution in [2.45, 2.75) is 64.2 Å². The fourth-order valence-corrected chi connectivity index (χ4v) is 1.92. The molecule has 0 bridgehead atoms. The fourth-order valence-electron chi connectivity index (χ4n) is 1.60. The maximum Gasteiger partial charge on any atom is 0.221 e. The number of hydrogen-bond acceptors (Lipinski definition) is 1. The summed E-state index contributed by atoms with van der Waals surface area (Å²) in [6.07, 6.45) is 11.5. The molecule has 0 aliphatic heterocycles. The lowest BCUT2D eigenvalue weighted by atomic mass is 10.1. The zero-order valence-corrected chi connectivity index (χ0v) is 11.0. The molecule has 90 valence electrons. The van der Waals surface area contributed by atoms with Crippen LogP contribution < -0.4 is 0 Å². The summed E-state index contributed by atoms with van der Waals surface area (Å²) in [7, 11) is 0. The Morgan fingerprint density at radius 2 is 1.13 bits per heavy atom. The molecule has 0 aromatic heterocycles. The highest BCUT2D eigenvalue weighted by molar-refractivity contribution is 6.63. The smallest absolute Gasteiger partial charge is 0.221 e. The highest BCUT2D eigenvalue weighted by Gasteiger charge is 1.96. The van der Waals surface area contributed by atoms with Crippen molar-refractivity contribution in [3.63, 3.8) is 0 Å². The van der Waals surface area contributed by atoms with Crippen molar-refractivity contribution in [2.24, 2.45) is 0 Å². The van der Waals surface area contributed by atoms with Crippen molar-refractivity contribution >= 4 is 28.4 Å². The fraction of sp³-hybridized carbons (Fsp3) is 0.917. The molecule has 3 heteroatoms. The zero-order chi connectivity index (χ0) is 11.4. The van der Waals surface area contributed by atoms with Gasteiger partial charge in [0.2, 0.25) is 5.24 Å². The van der Waals surface area contributed by atoms with Gasteiger partial charge in [-0.3, -0.25) is 4.79 Å². The summed E-state index contributed by atoms with van der Waals surface area (Å²) in [6, 6.07) is 0. The predicted octanol–water partition coefficient (Wildman–Crippen LogP) is 4.89. The third-order valence-corrected chi connectivity index (χ3v) is 2.96. The van der Waals surface area contributed by atoms with Crippen LogP contribution in [0.25, 0.3) is 0 Å². The summed E-state index contributed by atoms with van der Waals surface area (Å²) in [5.41, 5.74) is 0. The maximum absolute atomic E-state index is 10.4. The molecule has 0 aromatic rings. The van der Waals surface area contributed by atoms with Gasteiger partial charge in [-0.25, -0.2) is 0 Å². The quantitative estimate of drug-likeness (QED) is 0.291. The predicted molar refractivity (Wildman–Crippen MR) is 67.8 cm³/mol. The molecule has 0 fully saturated rings. The summed E-state index contributed by atoms with van der Waals surface area (Å²) in [6.45, 7) is 0. The Hall–Kier alpha value is 0.250. The maximum atomic E-state index is 10.4. The summed E-state index contributed by atoms with van der Waals surface area (Å²) < 4.78 is 0. The van der Waals surface area contributed by atoms with Crippen LogP contribution >= 0.6 is 23.2 Å². The first-order chi connectivity index (χ1) is 7.27. The number of alkyl halides is 1. The van der Waals surface area contributed by atoms with Crippen molar-refractivity contribution < 1.29 is 4.79 Å². The minimum atomic E-state index is -0.198. The van der Waals surface area contributed by atoms with E-state index in [0.717, 1.165) is 25.1 Å². The molecule has 0 aliphatic rings. The average Bonchev–Trinajstić information content (AvgIpc) is 2.20. The van der Waals surface area contributed by atoms with Gasteiger partial charge < -0.3 is 0 Å². The van der Waals surface area contributed by atoms with E-state index in [9.17, 15) is 4.79 Å². The van der Waals surface area contributed by atoms with E-state index in [2.05, 4.69) is 0 Å². The van der Waals surface area contributed by atoms with Crippen molar-refractivity contribution in [3.8, 4) is 0 Å². The topological polar surface area (TPSA) is 17.1 Å². The van der Waals surface area contributed by atoms with Gasteiger partial charge in [0.15, 0.2) is 0 Å². The average molecular weight is 253 g/mol. The largest absolute Gasteiger partial charge is 0.281 e. The van der Waals surface area contributed by atoms with Gasteiger partial charge in [-0.15, -0.1) is 11.6 Å². The standard InChI is InChI=1S/C12H22Cl2O/c13-11-9-7-5-3-1-2-4-6-8-10-12(14)15/h1-11H2. The van der Waals surface area contributed by atoms with E-state index in [1.165, 1.54) is 38.5 Å². The molecule has 0 atom stereocenters. The molecular weight excluding hydrogens is 231 g/mol. The van der Waals surface area contributed by atoms with E-state index in [1.807, 2.05) is 0 Å². The molecule has 0 aromatic carbocycles. The lowest BCUT2D eigenvalue weighted by Gasteiger charge is -2.00. The van der Waals surface area contributed by atoms with E-state index >= 15 is 0 Å². The first-order valence-electron chi connectivity index (χ1n) is 6.01. The van der Waals surface area contributed by atoms with E-state index in [0.29, 0.717) is 6.42 Å². The summed E-state index contributed by atoms with van der Waals surface area (Å²) >= 11 is 10.8. The number of rotatable bonds is 11. The monoisotopic (exact) mass is 252 g/mol. The van der Waals surface area contributed by atoms with Gasteiger partial charge in [0.05, 0.1) is 0 Å². The summed E-state index contributed by atoms with van der Waals surface area (Å²) in [4.78, 5) is 10.4. The normalized spacial score (nSPS) is 10.5. The molecule has 1 nitrogen and oxygen atoms in total. The van der Waals surface area contributed by atoms with Crippen LogP contribution in [-0.2, 0) is 4.79 Å². The van der Waals surface area contributed by atoms with Crippen LogP contribution in [0.4, 0.5) is 0 Å². The van der Waals surface area contributed by atoms with Crippen molar-refractivity contribution in [2.75, 3.05) is 5.88 Å². The van der Waals surface area contributed by atoms with E-state index in [-0.39, 0.29) is 5.24 Å². The van der Waals surface area contributed by atoms with Gasteiger partial charge in [0.1, 0.15) is 0 Å². The van der Waals surface area contributed by atoms with Crippen LogP contribution in [0.5, 0.6) is 0 Å². The number of carbonyl (C=O) groups is 1. The third kappa shape index (κ3) is 14.2. The first-order valence-corrected chi connectivity index (χ1v) is 6.93. The Morgan fingerprint density at radius 1 is 0.733 bits per heavy atom. The Balaban J connectivity index is 2.89. The Kier molecular flexibility index (Phi) is 12.5. The number of hydrogen-bond donors (Lipinski definition) is 0. The molecule has 0 spiro atoms. The van der Waals surface area contributed by atoms with Crippen LogP contribution in [0, 0.1) is 0 Å². The SMILES string of the molecule is O=C(Cl)CCCCCCCCCCCCl. The molecule has 0 unspecified atom stereocenters. The van der Waals surface area contributed by atoms with Gasteiger partial charge in [-0.2, -0.15) is 0 Å². The molecule has 0 radical (unpaired) electrons. The molecule has 0 rings (SSSR count). The number of halogens is 2. The van der Waals surface area contributed by atoms with Gasteiger partial charge in [0, 0.05) is 12.3 Å². The van der Waals surface area contributed by atoms with Crippen LogP contribution in [0.15, 0.2) is 0 Å². The minimum Gasteiger partial charge on any atom is -0.281 e. The molecule has 0 saturated carbocycles. The molecule has 0 saturated heterocycles. The van der Waals surface area contributed by atoms with E-state index in [4.69, 9.17) is 23.2 Å². The van der Waals surface area contributed by atoms with Crippen molar-refractivity contribution in [1.29, 1.82) is 0 Å². The van der Waals surface area contributed by atoms with E-state index < -0.39 is 0 Å². The van der Waals surface area contributed by atoms with Gasteiger partial charge in [-0.1, -0.05) is 44.9 Å². The molecule has 0 aliphatic carbocycles. The van der Waals surface area contributed by atoms with Crippen LogP contribution in [0.1, 0.15) is 64.2 Å². The van der Waals surface area contributed by atoms with E-state index in [1.54, 1.807) is 0 Å². The molecule has 15 heavy (non-hydrogen) atoms. The highest BCUT2D eigenvalue weighted by atomic mass is 35.5. The first kappa shape index (κ1) is 15.2. The Bertz CT molecular complexity index is 149. The van der Waals surface area contributed by atoms with Gasteiger partial charge in [0.25, 0.3) is 0 Å². The van der Waals surface area contributed by atoms with Crippen LogP contribution in [0.3, 0.4) is 0 Å². The molecule has 0 heterocycles. The molecular formula is C12H22Cl2O. The van der Waals surface area contributed by atoms with Crippen molar-refractivity contribution in [3.05, 3.63) is 0 Å². The number of carbonyl (C=O) groups excluding carboxylic acids is 1. The zero-order valence-electron chi connectivity index (χ0n) is 9.44. The molecule has 0 N–H and O–H groups in total. The molecule has 0 amide bonds. The van der Waals surface area contributed by atoms with Crippen molar-refractivity contribution in [1.82, 2.24) is 0 Å². The lowest BCUT2D eigenvalue weighted by molar-refractivity contribution is -0.111. The number of unbranched alkanes of at least 4 members (excludes halogenated alkanes) is 8. The second-order valence-electron chi connectivity index (χ2n) is 3.98. The second-order valence-corrected chi connectivity index (χ2v) is 4.78. The Labute approximate surface area is 104 Å². The Morgan fingerprint density at radius 3 is 1.53 bits per heavy atom. The second kappa shape index (κ2) is 12.3. The van der Waals surface area contributed by atoms with Crippen LogP contribution in [0.2, 0.25) is 0 Å².